The van der Waals surface area contributed by atoms with Crippen molar-refractivity contribution in [3.63, 3.8) is 0 Å². The topological polar surface area (TPSA) is 264 Å². The number of esters is 2. The van der Waals surface area contributed by atoms with Gasteiger partial charge in [0, 0.05) is 18.1 Å². The number of rotatable bonds is 10. The summed E-state index contributed by atoms with van der Waals surface area (Å²) in [6, 6.07) is -3.02. The third-order valence-electron chi connectivity index (χ3n) is 5.13. The number of anilines is 1. The highest BCUT2D eigenvalue weighted by molar-refractivity contribution is 7.84. The second-order valence-corrected chi connectivity index (χ2v) is 10.7. The number of halogens is 3. The zero-order valence-electron chi connectivity index (χ0n) is 20.7. The molecule has 0 aromatic carbocycles. The van der Waals surface area contributed by atoms with Crippen LogP contribution in [0.2, 0.25) is 0 Å². The molecule has 1 fully saturated rings. The van der Waals surface area contributed by atoms with Crippen LogP contribution in [0.15, 0.2) is 16.7 Å². The number of carbonyl (C=O) groups excluding carboxylic acids is 4. The van der Waals surface area contributed by atoms with Gasteiger partial charge in [0.1, 0.15) is 11.7 Å². The first-order chi connectivity index (χ1) is 18.8. The standard InChI is InChI=1S/C18H20F3N9O9S2/c1-17(2,14(33)38-15(34)18(19,20)21)39-27-10(8-6-40-16(23)24-8)12(31)25-11-9(30(13(11)32)41(35,36)37)5-29-4-7(3-22)26-28-29/h4,6,9,11H,3,5,22H2,1-2H3,(H2,23,24)(H,25,31)(H,35,36,37)/t9-,11-/m0/s1. The van der Waals surface area contributed by atoms with Crippen LogP contribution in [0.1, 0.15) is 25.2 Å². The van der Waals surface area contributed by atoms with Gasteiger partial charge in [-0.05, 0) is 13.8 Å². The molecule has 2 atom stereocenters. The lowest BCUT2D eigenvalue weighted by Crippen LogP contribution is -2.73. The molecule has 0 spiro atoms. The van der Waals surface area contributed by atoms with Gasteiger partial charge < -0.3 is 26.4 Å². The first kappa shape index (κ1) is 31.3. The Morgan fingerprint density at radius 2 is 1.93 bits per heavy atom. The van der Waals surface area contributed by atoms with E-state index in [1.807, 2.05) is 0 Å². The van der Waals surface area contributed by atoms with Crippen LogP contribution < -0.4 is 16.8 Å². The van der Waals surface area contributed by atoms with Crippen molar-refractivity contribution in [3.05, 3.63) is 23.0 Å². The number of oxime groups is 1. The fourth-order valence-electron chi connectivity index (χ4n) is 3.13. The second-order valence-electron chi connectivity index (χ2n) is 8.55. The lowest BCUT2D eigenvalue weighted by atomic mass is 9.98. The lowest BCUT2D eigenvalue weighted by Gasteiger charge is -2.43. The summed E-state index contributed by atoms with van der Waals surface area (Å²) in [6.07, 6.45) is -4.16. The molecule has 0 bridgehead atoms. The molecule has 41 heavy (non-hydrogen) atoms. The highest BCUT2D eigenvalue weighted by Crippen LogP contribution is 2.26. The first-order valence-electron chi connectivity index (χ1n) is 10.9. The Morgan fingerprint density at radius 1 is 1.27 bits per heavy atom. The highest BCUT2D eigenvalue weighted by atomic mass is 32.2. The molecule has 0 radical (unpaired) electrons. The molecule has 0 aliphatic carbocycles. The van der Waals surface area contributed by atoms with Gasteiger partial charge >= 0.3 is 28.4 Å². The quantitative estimate of drug-likeness (QED) is 0.0560. The van der Waals surface area contributed by atoms with Crippen molar-refractivity contribution < 1.29 is 54.9 Å². The number of ether oxygens (including phenoxy) is 1. The molecule has 1 aliphatic heterocycles. The Morgan fingerprint density at radius 3 is 2.44 bits per heavy atom. The van der Waals surface area contributed by atoms with Crippen molar-refractivity contribution in [2.75, 3.05) is 5.73 Å². The minimum atomic E-state index is -5.49. The van der Waals surface area contributed by atoms with Gasteiger partial charge in [-0.2, -0.15) is 21.6 Å². The zero-order chi connectivity index (χ0) is 30.9. The van der Waals surface area contributed by atoms with Gasteiger partial charge in [-0.3, -0.25) is 18.8 Å². The number of hydrogen-bond donors (Lipinski definition) is 4. The van der Waals surface area contributed by atoms with Gasteiger partial charge in [-0.15, -0.1) is 16.4 Å². The van der Waals surface area contributed by atoms with Gasteiger partial charge in [-0.1, -0.05) is 10.4 Å². The average molecular weight is 628 g/mol. The number of nitrogens with zero attached hydrogens (tertiary/aromatic N) is 6. The van der Waals surface area contributed by atoms with Gasteiger partial charge in [0.15, 0.2) is 10.8 Å². The van der Waals surface area contributed by atoms with E-state index in [0.717, 1.165) is 29.9 Å². The maximum Gasteiger partial charge on any atom is 0.491 e. The predicted octanol–water partition coefficient (Wildman–Crippen LogP) is -1.89. The summed E-state index contributed by atoms with van der Waals surface area (Å²) < 4.78 is 75.3. The van der Waals surface area contributed by atoms with Gasteiger partial charge in [0.25, 0.3) is 11.8 Å². The summed E-state index contributed by atoms with van der Waals surface area (Å²) in [5.74, 6) is -7.14. The Labute approximate surface area is 231 Å². The van der Waals surface area contributed by atoms with E-state index in [0.29, 0.717) is 5.69 Å². The first-order valence-corrected chi connectivity index (χ1v) is 13.1. The molecule has 2 aromatic rings. The van der Waals surface area contributed by atoms with Gasteiger partial charge in [0.2, 0.25) is 5.60 Å². The van der Waals surface area contributed by atoms with E-state index < -0.39 is 63.6 Å². The number of nitrogens with one attached hydrogen (secondary N) is 1. The largest absolute Gasteiger partial charge is 0.491 e. The maximum atomic E-state index is 13.2. The van der Waals surface area contributed by atoms with E-state index >= 15 is 0 Å². The molecular formula is C18H20F3N9O9S2. The van der Waals surface area contributed by atoms with Crippen LogP contribution in [0, 0.1) is 0 Å². The second kappa shape index (κ2) is 11.3. The van der Waals surface area contributed by atoms with Gasteiger partial charge in [-0.25, -0.2) is 18.9 Å². The van der Waals surface area contributed by atoms with Crippen LogP contribution in [-0.2, 0) is 52.1 Å². The molecule has 1 aliphatic rings. The molecule has 3 heterocycles. The summed E-state index contributed by atoms with van der Waals surface area (Å²) in [4.78, 5) is 57.5. The number of aromatic nitrogens is 4. The minimum Gasteiger partial charge on any atom is -0.383 e. The molecule has 224 valence electrons. The molecular weight excluding hydrogens is 607 g/mol. The Bertz CT molecular complexity index is 1500. The number of amides is 2. The summed E-state index contributed by atoms with van der Waals surface area (Å²) in [5.41, 5.74) is 7.93. The molecule has 2 amide bonds. The molecule has 3 rings (SSSR count). The van der Waals surface area contributed by atoms with Crippen LogP contribution >= 0.6 is 11.3 Å². The summed E-state index contributed by atoms with van der Waals surface area (Å²) >= 11 is 0.823. The van der Waals surface area contributed by atoms with E-state index in [1.165, 1.54) is 11.6 Å². The third kappa shape index (κ3) is 7.11. The molecule has 6 N–H and O–H groups in total. The number of hydrogen-bond acceptors (Lipinski definition) is 15. The van der Waals surface area contributed by atoms with E-state index in [2.05, 4.69) is 30.5 Å². The molecule has 2 aromatic heterocycles. The molecule has 23 heteroatoms. The Kier molecular flexibility index (Phi) is 8.66. The SMILES string of the molecule is CC(C)(ON=C(C(=O)N[C@@H]1C(=O)N(S(=O)(=O)O)[C@H]1Cn1cc(CN)nn1)c1csc(N)n1)C(=O)OC(=O)C(F)(F)F. The normalized spacial score (nSPS) is 18.1. The fourth-order valence-corrected chi connectivity index (χ4v) is 4.55. The van der Waals surface area contributed by atoms with Crippen LogP contribution in [0.5, 0.6) is 0 Å². The fraction of sp³-hybridized carbons (Fsp3) is 0.444. The number of nitrogens with two attached hydrogens (primary N) is 2. The van der Waals surface area contributed by atoms with Crippen molar-refractivity contribution in [2.45, 2.75) is 50.8 Å². The highest BCUT2D eigenvalue weighted by Gasteiger charge is 2.54. The summed E-state index contributed by atoms with van der Waals surface area (Å²) in [5, 5.41) is 14.2. The van der Waals surface area contributed by atoms with Crippen LogP contribution in [-0.4, -0.2) is 90.6 Å². The van der Waals surface area contributed by atoms with Crippen molar-refractivity contribution in [3.8, 4) is 0 Å². The van der Waals surface area contributed by atoms with E-state index in [1.54, 1.807) is 0 Å². The minimum absolute atomic E-state index is 0.0172. The molecule has 1 saturated heterocycles. The van der Waals surface area contributed by atoms with E-state index in [9.17, 15) is 45.3 Å². The van der Waals surface area contributed by atoms with Crippen molar-refractivity contribution >= 4 is 56.2 Å². The van der Waals surface area contributed by atoms with Crippen molar-refractivity contribution in [1.29, 1.82) is 0 Å². The summed E-state index contributed by atoms with van der Waals surface area (Å²) in [6.45, 7) is 1.34. The third-order valence-corrected chi connectivity index (χ3v) is 6.75. The molecule has 0 unspecified atom stereocenters. The lowest BCUT2D eigenvalue weighted by molar-refractivity contribution is -0.208. The van der Waals surface area contributed by atoms with Crippen molar-refractivity contribution in [2.24, 2.45) is 10.9 Å². The number of carbonyl (C=O) groups is 4. The van der Waals surface area contributed by atoms with Crippen molar-refractivity contribution in [1.82, 2.24) is 29.6 Å². The Balaban J connectivity index is 1.87. The molecule has 18 nitrogen and oxygen atoms in total. The smallest absolute Gasteiger partial charge is 0.383 e. The van der Waals surface area contributed by atoms with E-state index in [4.69, 9.17) is 16.3 Å². The van der Waals surface area contributed by atoms with Gasteiger partial charge in [0.05, 0.1) is 18.3 Å². The van der Waals surface area contributed by atoms with Crippen LogP contribution in [0.25, 0.3) is 0 Å². The zero-order valence-corrected chi connectivity index (χ0v) is 22.4. The van der Waals surface area contributed by atoms with E-state index in [-0.39, 0.29) is 28.2 Å². The summed E-state index contributed by atoms with van der Waals surface area (Å²) in [7, 11) is -5.08. The predicted molar refractivity (Wildman–Crippen MR) is 127 cm³/mol. The number of nitrogen functional groups attached to an aromatic ring is 1. The maximum absolute atomic E-state index is 13.2. The Hall–Kier alpha value is -4.22. The van der Waals surface area contributed by atoms with Crippen LogP contribution in [0.4, 0.5) is 18.3 Å². The number of β-lactam (4-membered cyclic amide) rings is 1. The van der Waals surface area contributed by atoms with Crippen LogP contribution in [0.3, 0.4) is 0 Å². The molecule has 0 saturated carbocycles. The number of thiazole rings is 1. The number of alkyl halides is 3. The monoisotopic (exact) mass is 627 g/mol. The average Bonchev–Trinajstić information content (AvgIpc) is 3.49.